The number of hydrogen-bond acceptors (Lipinski definition) is 2. The van der Waals surface area contributed by atoms with E-state index in [1.807, 2.05) is 0 Å². The van der Waals surface area contributed by atoms with Gasteiger partial charge in [-0.2, -0.15) is 0 Å². The highest BCUT2D eigenvalue weighted by molar-refractivity contribution is 9.10. The smallest absolute Gasteiger partial charge is 0.139 e. The van der Waals surface area contributed by atoms with Crippen LogP contribution in [0.3, 0.4) is 0 Å². The molecule has 94 valence electrons. The van der Waals surface area contributed by atoms with Crippen molar-refractivity contribution in [2.75, 3.05) is 23.7 Å². The second-order valence-electron chi connectivity index (χ2n) is 5.07. The maximum atomic E-state index is 13.4. The largest absolute Gasteiger partial charge is 0.383 e. The van der Waals surface area contributed by atoms with Crippen molar-refractivity contribution in [3.8, 4) is 0 Å². The molecule has 0 aliphatic carbocycles. The number of halogens is 2. The van der Waals surface area contributed by atoms with Crippen LogP contribution in [0.5, 0.6) is 0 Å². The maximum Gasteiger partial charge on any atom is 0.139 e. The molecule has 1 unspecified atom stereocenters. The third-order valence-corrected chi connectivity index (χ3v) is 3.64. The average Bonchev–Trinajstić information content (AvgIpc) is 2.43. The second kappa shape index (κ2) is 5.25. The summed E-state index contributed by atoms with van der Waals surface area (Å²) in [4.78, 5) is 0. The number of benzene rings is 1. The van der Waals surface area contributed by atoms with Crippen LogP contribution in [0, 0.1) is 17.7 Å². The van der Waals surface area contributed by atoms with E-state index in [-0.39, 0.29) is 5.82 Å². The van der Waals surface area contributed by atoms with Crippen molar-refractivity contribution in [2.24, 2.45) is 11.8 Å². The van der Waals surface area contributed by atoms with Gasteiger partial charge in [0, 0.05) is 19.2 Å². The van der Waals surface area contributed by atoms with E-state index in [2.05, 4.69) is 40.4 Å². The van der Waals surface area contributed by atoms with Crippen molar-refractivity contribution in [3.63, 3.8) is 0 Å². The fourth-order valence-electron chi connectivity index (χ4n) is 2.25. The predicted molar refractivity (Wildman–Crippen MR) is 74.0 cm³/mol. The molecule has 0 aromatic heterocycles. The van der Waals surface area contributed by atoms with Crippen LogP contribution in [0.4, 0.5) is 15.8 Å². The SMILES string of the molecule is CC(C)CC1CNc2cc(F)c(Br)cc2NC1. The lowest BCUT2D eigenvalue weighted by molar-refractivity contribution is 0.444. The van der Waals surface area contributed by atoms with Crippen LogP contribution >= 0.6 is 15.9 Å². The molecule has 0 bridgehead atoms. The van der Waals surface area contributed by atoms with Gasteiger partial charge in [0.15, 0.2) is 0 Å². The molecule has 2 N–H and O–H groups in total. The minimum atomic E-state index is -0.222. The summed E-state index contributed by atoms with van der Waals surface area (Å²) in [7, 11) is 0. The number of nitrogens with one attached hydrogen (secondary N) is 2. The van der Waals surface area contributed by atoms with Crippen LogP contribution in [-0.4, -0.2) is 13.1 Å². The molecular formula is C13H18BrFN2. The minimum absolute atomic E-state index is 0.222. The number of rotatable bonds is 2. The molecule has 0 spiro atoms. The quantitative estimate of drug-likeness (QED) is 0.860. The molecule has 0 fully saturated rings. The normalized spacial score (nSPS) is 19.2. The summed E-state index contributed by atoms with van der Waals surface area (Å²) in [6.45, 7) is 6.30. The lowest BCUT2D eigenvalue weighted by Gasteiger charge is -2.16. The molecule has 1 aliphatic heterocycles. The molecule has 0 saturated heterocycles. The molecule has 2 nitrogen and oxygen atoms in total. The molecule has 1 heterocycles. The first-order valence-electron chi connectivity index (χ1n) is 6.03. The Morgan fingerprint density at radius 1 is 1.29 bits per heavy atom. The number of fused-ring (bicyclic) bond motifs is 1. The molecule has 1 aromatic rings. The molecule has 0 amide bonds. The zero-order valence-corrected chi connectivity index (χ0v) is 11.8. The van der Waals surface area contributed by atoms with Crippen molar-refractivity contribution in [1.82, 2.24) is 0 Å². The fourth-order valence-corrected chi connectivity index (χ4v) is 2.60. The molecule has 1 aliphatic rings. The lowest BCUT2D eigenvalue weighted by atomic mass is 9.97. The standard InChI is InChI=1S/C13H18BrFN2/c1-8(2)3-9-6-16-12-4-10(14)11(15)5-13(12)17-7-9/h4-5,8-9,16-17H,3,6-7H2,1-2H3. The molecule has 17 heavy (non-hydrogen) atoms. The Bertz CT molecular complexity index is 374. The minimum Gasteiger partial charge on any atom is -0.383 e. The van der Waals surface area contributed by atoms with Gasteiger partial charge in [-0.3, -0.25) is 0 Å². The van der Waals surface area contributed by atoms with Crippen molar-refractivity contribution in [2.45, 2.75) is 20.3 Å². The summed E-state index contributed by atoms with van der Waals surface area (Å²) in [5.41, 5.74) is 1.83. The van der Waals surface area contributed by atoms with Gasteiger partial charge in [-0.1, -0.05) is 13.8 Å². The zero-order valence-electron chi connectivity index (χ0n) is 10.2. The summed E-state index contributed by atoms with van der Waals surface area (Å²) in [6.07, 6.45) is 1.18. The molecule has 1 aromatic carbocycles. The molecule has 1 atom stereocenters. The van der Waals surface area contributed by atoms with E-state index >= 15 is 0 Å². The van der Waals surface area contributed by atoms with E-state index in [0.29, 0.717) is 16.3 Å². The summed E-state index contributed by atoms with van der Waals surface area (Å²) in [5, 5.41) is 6.71. The number of hydrogen-bond donors (Lipinski definition) is 2. The molecule has 4 heteroatoms. The first-order chi connectivity index (χ1) is 8.06. The monoisotopic (exact) mass is 300 g/mol. The summed E-state index contributed by atoms with van der Waals surface area (Å²) in [6, 6.07) is 3.35. The Labute approximate surface area is 110 Å². The summed E-state index contributed by atoms with van der Waals surface area (Å²) >= 11 is 3.21. The van der Waals surface area contributed by atoms with Gasteiger partial charge in [-0.05, 0) is 40.3 Å². The fraction of sp³-hybridized carbons (Fsp3) is 0.538. The van der Waals surface area contributed by atoms with Gasteiger partial charge in [0.2, 0.25) is 0 Å². The molecule has 0 radical (unpaired) electrons. The van der Waals surface area contributed by atoms with Gasteiger partial charge < -0.3 is 10.6 Å². The number of anilines is 2. The van der Waals surface area contributed by atoms with E-state index in [9.17, 15) is 4.39 Å². The first kappa shape index (κ1) is 12.7. The van der Waals surface area contributed by atoms with Gasteiger partial charge in [-0.15, -0.1) is 0 Å². The van der Waals surface area contributed by atoms with E-state index in [1.54, 1.807) is 12.1 Å². The van der Waals surface area contributed by atoms with E-state index in [0.717, 1.165) is 24.5 Å². The Hall–Kier alpha value is -0.770. The Morgan fingerprint density at radius 3 is 2.47 bits per heavy atom. The second-order valence-corrected chi connectivity index (χ2v) is 5.92. The highest BCUT2D eigenvalue weighted by Crippen LogP contribution is 2.31. The third-order valence-electron chi connectivity index (χ3n) is 3.03. The topological polar surface area (TPSA) is 24.1 Å². The van der Waals surface area contributed by atoms with E-state index in [1.165, 1.54) is 6.42 Å². The summed E-state index contributed by atoms with van der Waals surface area (Å²) in [5.74, 6) is 1.05. The molecule has 0 saturated carbocycles. The van der Waals surface area contributed by atoms with Crippen LogP contribution in [-0.2, 0) is 0 Å². The lowest BCUT2D eigenvalue weighted by Crippen LogP contribution is -2.20. The van der Waals surface area contributed by atoms with Gasteiger partial charge in [-0.25, -0.2) is 4.39 Å². The highest BCUT2D eigenvalue weighted by atomic mass is 79.9. The average molecular weight is 301 g/mol. The first-order valence-corrected chi connectivity index (χ1v) is 6.82. The van der Waals surface area contributed by atoms with Gasteiger partial charge in [0.05, 0.1) is 15.8 Å². The van der Waals surface area contributed by atoms with Gasteiger partial charge >= 0.3 is 0 Å². The van der Waals surface area contributed by atoms with Crippen molar-refractivity contribution in [3.05, 3.63) is 22.4 Å². The summed E-state index contributed by atoms with van der Waals surface area (Å²) < 4.78 is 13.9. The van der Waals surface area contributed by atoms with Crippen LogP contribution in [0.2, 0.25) is 0 Å². The third kappa shape index (κ3) is 3.12. The van der Waals surface area contributed by atoms with Crippen molar-refractivity contribution >= 4 is 27.3 Å². The van der Waals surface area contributed by atoms with Crippen LogP contribution in [0.1, 0.15) is 20.3 Å². The predicted octanol–water partition coefficient (Wildman–Crippen LogP) is 4.09. The van der Waals surface area contributed by atoms with E-state index in [4.69, 9.17) is 0 Å². The maximum absolute atomic E-state index is 13.4. The zero-order chi connectivity index (χ0) is 12.4. The van der Waals surface area contributed by atoms with E-state index < -0.39 is 0 Å². The molecule has 2 rings (SSSR count). The molecular weight excluding hydrogens is 283 g/mol. The van der Waals surface area contributed by atoms with Gasteiger partial charge in [0.1, 0.15) is 5.82 Å². The highest BCUT2D eigenvalue weighted by Gasteiger charge is 2.17. The van der Waals surface area contributed by atoms with Crippen molar-refractivity contribution in [1.29, 1.82) is 0 Å². The Kier molecular flexibility index (Phi) is 3.92. The van der Waals surface area contributed by atoms with Crippen molar-refractivity contribution < 1.29 is 4.39 Å². The Balaban J connectivity index is 2.13. The Morgan fingerprint density at radius 2 is 1.88 bits per heavy atom. The van der Waals surface area contributed by atoms with Crippen LogP contribution in [0.25, 0.3) is 0 Å². The van der Waals surface area contributed by atoms with Gasteiger partial charge in [0.25, 0.3) is 0 Å². The van der Waals surface area contributed by atoms with Crippen LogP contribution in [0.15, 0.2) is 16.6 Å². The van der Waals surface area contributed by atoms with Crippen LogP contribution < -0.4 is 10.6 Å².